The van der Waals surface area contributed by atoms with E-state index in [1.807, 2.05) is 66.7 Å². The quantitative estimate of drug-likeness (QED) is 0.362. The molecule has 0 saturated carbocycles. The molecule has 3 aliphatic heterocycles. The van der Waals surface area contributed by atoms with Crippen LogP contribution in [0.1, 0.15) is 35.6 Å². The van der Waals surface area contributed by atoms with Crippen molar-refractivity contribution in [2.24, 2.45) is 5.92 Å². The highest BCUT2D eigenvalue weighted by molar-refractivity contribution is 5.41. The first-order valence-corrected chi connectivity index (χ1v) is 12.6. The molecule has 36 heavy (non-hydrogen) atoms. The third-order valence-electron chi connectivity index (χ3n) is 7.86. The Kier molecular flexibility index (Phi) is 5.86. The summed E-state index contributed by atoms with van der Waals surface area (Å²) in [5, 5.41) is 12.0. The van der Waals surface area contributed by atoms with Crippen molar-refractivity contribution in [2.45, 2.75) is 31.1 Å². The molecular formula is C30H30FN2O3+. The van der Waals surface area contributed by atoms with E-state index in [4.69, 9.17) is 9.15 Å². The third-order valence-corrected chi connectivity index (χ3v) is 7.86. The molecule has 3 fully saturated rings. The van der Waals surface area contributed by atoms with Gasteiger partial charge in [-0.1, -0.05) is 66.7 Å². The first-order valence-electron chi connectivity index (χ1n) is 12.6. The van der Waals surface area contributed by atoms with E-state index in [0.29, 0.717) is 29.3 Å². The number of hydrogen-bond acceptors (Lipinski definition) is 4. The van der Waals surface area contributed by atoms with Crippen LogP contribution in [-0.4, -0.2) is 40.3 Å². The lowest BCUT2D eigenvalue weighted by Gasteiger charge is -2.51. The van der Waals surface area contributed by atoms with Crippen LogP contribution in [0.4, 0.5) is 4.39 Å². The maximum atomic E-state index is 13.7. The molecule has 184 valence electrons. The van der Waals surface area contributed by atoms with Crippen LogP contribution in [-0.2, 0) is 12.1 Å². The van der Waals surface area contributed by atoms with E-state index in [1.165, 1.54) is 12.1 Å². The van der Waals surface area contributed by atoms with Gasteiger partial charge in [-0.25, -0.2) is 9.37 Å². The number of halogens is 1. The number of nitrogens with zero attached hydrogens (tertiary/aromatic N) is 2. The third kappa shape index (κ3) is 4.21. The van der Waals surface area contributed by atoms with Gasteiger partial charge in [0.2, 0.25) is 5.89 Å². The summed E-state index contributed by atoms with van der Waals surface area (Å²) in [5.74, 6) is 1.81. The molecule has 3 saturated heterocycles. The van der Waals surface area contributed by atoms with Crippen molar-refractivity contribution in [3.8, 4) is 5.75 Å². The maximum absolute atomic E-state index is 13.7. The van der Waals surface area contributed by atoms with Crippen LogP contribution in [0, 0.1) is 11.7 Å². The summed E-state index contributed by atoms with van der Waals surface area (Å²) in [4.78, 5) is 4.58. The van der Waals surface area contributed by atoms with Crippen molar-refractivity contribution in [1.29, 1.82) is 0 Å². The van der Waals surface area contributed by atoms with Gasteiger partial charge in [0.15, 0.2) is 17.5 Å². The monoisotopic (exact) mass is 485 g/mol. The Morgan fingerprint density at radius 3 is 2.25 bits per heavy atom. The van der Waals surface area contributed by atoms with Crippen LogP contribution in [0.3, 0.4) is 0 Å². The minimum absolute atomic E-state index is 0.0438. The molecule has 0 spiro atoms. The summed E-state index contributed by atoms with van der Waals surface area (Å²) in [6.45, 7) is 3.62. The van der Waals surface area contributed by atoms with E-state index in [-0.39, 0.29) is 17.8 Å². The number of aliphatic hydroxyl groups is 1. The molecule has 6 heteroatoms. The van der Waals surface area contributed by atoms with E-state index in [0.717, 1.165) is 42.7 Å². The number of rotatable bonds is 7. The van der Waals surface area contributed by atoms with Crippen LogP contribution in [0.15, 0.2) is 95.5 Å². The Morgan fingerprint density at radius 2 is 1.61 bits per heavy atom. The van der Waals surface area contributed by atoms with Crippen LogP contribution in [0.5, 0.6) is 5.75 Å². The highest BCUT2D eigenvalue weighted by Gasteiger charge is 2.48. The highest BCUT2D eigenvalue weighted by atomic mass is 19.1. The van der Waals surface area contributed by atoms with Crippen LogP contribution < -0.4 is 4.74 Å². The van der Waals surface area contributed by atoms with Gasteiger partial charge in [-0.2, -0.15) is 0 Å². The van der Waals surface area contributed by atoms with E-state index in [1.54, 1.807) is 12.3 Å². The minimum atomic E-state index is -1.49. The van der Waals surface area contributed by atoms with Gasteiger partial charge in [0.25, 0.3) is 0 Å². The van der Waals surface area contributed by atoms with Crippen molar-refractivity contribution in [3.63, 3.8) is 0 Å². The van der Waals surface area contributed by atoms with Gasteiger partial charge < -0.3 is 18.7 Å². The predicted octanol–water partition coefficient (Wildman–Crippen LogP) is 5.29. The van der Waals surface area contributed by atoms with Crippen LogP contribution in [0.2, 0.25) is 0 Å². The molecule has 0 radical (unpaired) electrons. The molecule has 4 heterocycles. The predicted molar refractivity (Wildman–Crippen MR) is 134 cm³/mol. The standard InChI is InChI=1S/C30H30FN2O3/c31-25-12-7-13-26(18-25)35-28-21-33(16-14-22(28)15-17-33)20-27-19-32-29(36-27)30(34,23-8-3-1-4-9-23)24-10-5-2-6-11-24/h1-13,18-19,22,28,34H,14-17,20-21H2/q+1. The number of hydrogen-bond donors (Lipinski definition) is 1. The summed E-state index contributed by atoms with van der Waals surface area (Å²) in [6.07, 6.45) is 3.93. The van der Waals surface area contributed by atoms with Crippen LogP contribution >= 0.6 is 0 Å². The average Bonchev–Trinajstić information content (AvgIpc) is 3.38. The van der Waals surface area contributed by atoms with Gasteiger partial charge in [-0.3, -0.25) is 0 Å². The molecule has 1 atom stereocenters. The lowest BCUT2D eigenvalue weighted by molar-refractivity contribution is -0.958. The maximum Gasteiger partial charge on any atom is 0.236 e. The van der Waals surface area contributed by atoms with Crippen molar-refractivity contribution in [1.82, 2.24) is 4.98 Å². The SMILES string of the molecule is OC(c1ccccc1)(c1ccccc1)c1ncc(C[N+]23CCC(CC2)C(Oc2cccc(F)c2)C3)o1. The normalized spacial score (nSPS) is 23.5. The summed E-state index contributed by atoms with van der Waals surface area (Å²) in [7, 11) is 0. The summed E-state index contributed by atoms with van der Waals surface area (Å²) in [5.41, 5.74) is -0.0726. The number of ether oxygens (including phenoxy) is 1. The van der Waals surface area contributed by atoms with E-state index < -0.39 is 5.60 Å². The van der Waals surface area contributed by atoms with Crippen molar-refractivity contribution in [2.75, 3.05) is 19.6 Å². The number of quaternary nitrogens is 1. The zero-order valence-corrected chi connectivity index (χ0v) is 20.1. The van der Waals surface area contributed by atoms with Gasteiger partial charge >= 0.3 is 0 Å². The zero-order chi connectivity index (χ0) is 24.6. The Balaban J connectivity index is 1.26. The second kappa shape index (κ2) is 9.19. The molecule has 0 aliphatic carbocycles. The Bertz CT molecular complexity index is 1280. The number of aromatic nitrogens is 1. The fraction of sp³-hybridized carbons (Fsp3) is 0.300. The minimum Gasteiger partial charge on any atom is -0.484 e. The van der Waals surface area contributed by atoms with Crippen molar-refractivity contribution < 1.29 is 23.1 Å². The molecule has 7 rings (SSSR count). The second-order valence-corrected chi connectivity index (χ2v) is 10.2. The number of oxazole rings is 1. The first-order chi connectivity index (χ1) is 17.5. The smallest absolute Gasteiger partial charge is 0.236 e. The molecule has 4 aromatic rings. The van der Waals surface area contributed by atoms with E-state index in [2.05, 4.69) is 4.98 Å². The molecule has 5 nitrogen and oxygen atoms in total. The summed E-state index contributed by atoms with van der Waals surface area (Å²) >= 11 is 0. The van der Waals surface area contributed by atoms with Gasteiger partial charge in [0.05, 0.1) is 19.3 Å². The molecule has 2 bridgehead atoms. The Labute approximate surface area is 210 Å². The lowest BCUT2D eigenvalue weighted by Crippen LogP contribution is -2.64. The molecule has 1 unspecified atom stereocenters. The fourth-order valence-electron chi connectivity index (χ4n) is 5.94. The largest absolute Gasteiger partial charge is 0.484 e. The number of benzene rings is 3. The first kappa shape index (κ1) is 23.0. The van der Waals surface area contributed by atoms with E-state index >= 15 is 0 Å². The summed E-state index contributed by atoms with van der Waals surface area (Å²) in [6, 6.07) is 25.4. The molecule has 1 aromatic heterocycles. The van der Waals surface area contributed by atoms with Gasteiger partial charge in [-0.15, -0.1) is 0 Å². The van der Waals surface area contributed by atoms with Gasteiger partial charge in [0.1, 0.15) is 24.7 Å². The molecule has 1 N–H and O–H groups in total. The highest BCUT2D eigenvalue weighted by Crippen LogP contribution is 2.39. The average molecular weight is 486 g/mol. The molecular weight excluding hydrogens is 455 g/mol. The van der Waals surface area contributed by atoms with Gasteiger partial charge in [-0.05, 0) is 23.3 Å². The molecule has 3 aromatic carbocycles. The van der Waals surface area contributed by atoms with Crippen LogP contribution in [0.25, 0.3) is 0 Å². The molecule has 0 amide bonds. The van der Waals surface area contributed by atoms with Crippen molar-refractivity contribution in [3.05, 3.63) is 120 Å². The van der Waals surface area contributed by atoms with Gasteiger partial charge in [0, 0.05) is 24.8 Å². The number of fused-ring (bicyclic) bond motifs is 3. The number of piperidine rings is 3. The fourth-order valence-corrected chi connectivity index (χ4v) is 5.94. The Hall–Kier alpha value is -3.48. The Morgan fingerprint density at radius 1 is 0.944 bits per heavy atom. The van der Waals surface area contributed by atoms with Crippen molar-refractivity contribution >= 4 is 0 Å². The second-order valence-electron chi connectivity index (χ2n) is 10.2. The lowest BCUT2D eigenvalue weighted by atomic mass is 9.83. The topological polar surface area (TPSA) is 55.5 Å². The molecule has 3 aliphatic rings. The van der Waals surface area contributed by atoms with E-state index in [9.17, 15) is 9.50 Å². The summed E-state index contributed by atoms with van der Waals surface area (Å²) < 4.78 is 27.1. The zero-order valence-electron chi connectivity index (χ0n) is 20.1.